The summed E-state index contributed by atoms with van der Waals surface area (Å²) in [4.78, 5) is 31.5. The Kier molecular flexibility index (Phi) is 3.83. The van der Waals surface area contributed by atoms with Crippen molar-refractivity contribution in [3.8, 4) is 0 Å². The van der Waals surface area contributed by atoms with E-state index in [1.165, 1.54) is 7.11 Å². The monoisotopic (exact) mass is 301 g/mol. The molecule has 0 spiro atoms. The van der Waals surface area contributed by atoms with Crippen LogP contribution in [0.25, 0.3) is 11.0 Å². The third-order valence-electron chi connectivity index (χ3n) is 4.45. The standard InChI is InChI=1S/C16H19N3O3/c1-22-15(21)16(6-2-3-7-16)9-17-14(20)11-4-5-12-13(8-11)19-10-18-12/h4-5,8,10H,2-3,6-7,9H2,1H3,(H,17,20)(H,18,19). The Morgan fingerprint density at radius 3 is 2.86 bits per heavy atom. The molecule has 0 saturated heterocycles. The number of fused-ring (bicyclic) bond motifs is 1. The number of amides is 1. The van der Waals surface area contributed by atoms with Crippen LogP contribution in [0, 0.1) is 5.41 Å². The summed E-state index contributed by atoms with van der Waals surface area (Å²) in [6, 6.07) is 5.29. The largest absolute Gasteiger partial charge is 0.469 e. The second kappa shape index (κ2) is 5.79. The van der Waals surface area contributed by atoms with Gasteiger partial charge in [0, 0.05) is 12.1 Å². The van der Waals surface area contributed by atoms with Crippen molar-refractivity contribution in [3.63, 3.8) is 0 Å². The lowest BCUT2D eigenvalue weighted by Crippen LogP contribution is -2.42. The molecule has 0 bridgehead atoms. The van der Waals surface area contributed by atoms with Gasteiger partial charge in [-0.3, -0.25) is 9.59 Å². The lowest BCUT2D eigenvalue weighted by atomic mass is 9.86. The third kappa shape index (κ3) is 2.56. The van der Waals surface area contributed by atoms with Gasteiger partial charge in [-0.05, 0) is 31.0 Å². The maximum atomic E-state index is 12.3. The Labute approximate surface area is 128 Å². The molecule has 1 heterocycles. The molecule has 1 aliphatic carbocycles. The summed E-state index contributed by atoms with van der Waals surface area (Å²) in [6.07, 6.45) is 5.10. The van der Waals surface area contributed by atoms with Gasteiger partial charge in [-0.25, -0.2) is 4.98 Å². The molecule has 1 fully saturated rings. The van der Waals surface area contributed by atoms with Crippen LogP contribution in [-0.2, 0) is 9.53 Å². The summed E-state index contributed by atoms with van der Waals surface area (Å²) >= 11 is 0. The van der Waals surface area contributed by atoms with E-state index in [0.717, 1.165) is 36.7 Å². The minimum Gasteiger partial charge on any atom is -0.469 e. The fraction of sp³-hybridized carbons (Fsp3) is 0.438. The summed E-state index contributed by atoms with van der Waals surface area (Å²) in [5.74, 6) is -0.416. The Bertz CT molecular complexity index is 701. The summed E-state index contributed by atoms with van der Waals surface area (Å²) in [7, 11) is 1.40. The van der Waals surface area contributed by atoms with Gasteiger partial charge in [0.05, 0.1) is 29.9 Å². The van der Waals surface area contributed by atoms with Crippen LogP contribution >= 0.6 is 0 Å². The number of aromatic nitrogens is 2. The molecule has 1 amide bonds. The van der Waals surface area contributed by atoms with Gasteiger partial charge < -0.3 is 15.0 Å². The lowest BCUT2D eigenvalue weighted by Gasteiger charge is -2.25. The predicted molar refractivity (Wildman–Crippen MR) is 81.3 cm³/mol. The fourth-order valence-corrected chi connectivity index (χ4v) is 3.15. The van der Waals surface area contributed by atoms with Gasteiger partial charge in [0.15, 0.2) is 0 Å². The highest BCUT2D eigenvalue weighted by atomic mass is 16.5. The van der Waals surface area contributed by atoms with Gasteiger partial charge in [-0.15, -0.1) is 0 Å². The van der Waals surface area contributed by atoms with Crippen LogP contribution in [0.1, 0.15) is 36.0 Å². The maximum absolute atomic E-state index is 12.3. The van der Waals surface area contributed by atoms with Crippen molar-refractivity contribution in [2.75, 3.05) is 13.7 Å². The molecule has 6 heteroatoms. The molecule has 0 aliphatic heterocycles. The number of hydrogen-bond acceptors (Lipinski definition) is 4. The zero-order valence-corrected chi connectivity index (χ0v) is 12.5. The molecule has 6 nitrogen and oxygen atoms in total. The van der Waals surface area contributed by atoms with Crippen LogP contribution in [0.3, 0.4) is 0 Å². The van der Waals surface area contributed by atoms with E-state index in [4.69, 9.17) is 4.74 Å². The highest BCUT2D eigenvalue weighted by Crippen LogP contribution is 2.38. The van der Waals surface area contributed by atoms with Gasteiger partial charge in [0.1, 0.15) is 0 Å². The van der Waals surface area contributed by atoms with Crippen LogP contribution in [-0.4, -0.2) is 35.5 Å². The molecular weight excluding hydrogens is 282 g/mol. The molecule has 0 atom stereocenters. The lowest BCUT2D eigenvalue weighted by molar-refractivity contribution is -0.152. The van der Waals surface area contributed by atoms with Crippen LogP contribution in [0.15, 0.2) is 24.5 Å². The summed E-state index contributed by atoms with van der Waals surface area (Å²) in [6.45, 7) is 0.319. The summed E-state index contributed by atoms with van der Waals surface area (Å²) in [5, 5.41) is 2.88. The SMILES string of the molecule is COC(=O)C1(CNC(=O)c2ccc3nc[nH]c3c2)CCCC1. The van der Waals surface area contributed by atoms with Crippen LogP contribution in [0.5, 0.6) is 0 Å². The number of carbonyl (C=O) groups excluding carboxylic acids is 2. The van der Waals surface area contributed by atoms with Crippen molar-refractivity contribution in [1.82, 2.24) is 15.3 Å². The number of imidazole rings is 1. The number of methoxy groups -OCH3 is 1. The number of aromatic amines is 1. The number of esters is 1. The molecular formula is C16H19N3O3. The molecule has 1 aromatic heterocycles. The molecule has 116 valence electrons. The highest BCUT2D eigenvalue weighted by Gasteiger charge is 2.42. The summed E-state index contributed by atoms with van der Waals surface area (Å²) < 4.78 is 4.92. The van der Waals surface area contributed by atoms with E-state index in [-0.39, 0.29) is 11.9 Å². The van der Waals surface area contributed by atoms with Crippen LogP contribution in [0.4, 0.5) is 0 Å². The number of carbonyl (C=O) groups is 2. The van der Waals surface area contributed by atoms with Crippen molar-refractivity contribution in [1.29, 1.82) is 0 Å². The normalized spacial score (nSPS) is 16.6. The zero-order chi connectivity index (χ0) is 15.6. The molecule has 1 aliphatic rings. The van der Waals surface area contributed by atoms with Gasteiger partial charge in [-0.2, -0.15) is 0 Å². The molecule has 22 heavy (non-hydrogen) atoms. The van der Waals surface area contributed by atoms with E-state index in [9.17, 15) is 9.59 Å². The van der Waals surface area contributed by atoms with E-state index in [1.54, 1.807) is 24.5 Å². The van der Waals surface area contributed by atoms with Crippen LogP contribution in [0.2, 0.25) is 0 Å². The Morgan fingerprint density at radius 1 is 1.36 bits per heavy atom. The number of hydrogen-bond donors (Lipinski definition) is 2. The number of ether oxygens (including phenoxy) is 1. The van der Waals surface area contributed by atoms with E-state index in [0.29, 0.717) is 12.1 Å². The minimum absolute atomic E-state index is 0.188. The average molecular weight is 301 g/mol. The van der Waals surface area contributed by atoms with E-state index in [1.807, 2.05) is 0 Å². The van der Waals surface area contributed by atoms with Gasteiger partial charge in [-0.1, -0.05) is 12.8 Å². The van der Waals surface area contributed by atoms with Gasteiger partial charge >= 0.3 is 5.97 Å². The maximum Gasteiger partial charge on any atom is 0.313 e. The first-order valence-corrected chi connectivity index (χ1v) is 7.44. The Hall–Kier alpha value is -2.37. The van der Waals surface area contributed by atoms with Gasteiger partial charge in [0.25, 0.3) is 5.91 Å². The Balaban J connectivity index is 1.72. The van der Waals surface area contributed by atoms with E-state index in [2.05, 4.69) is 15.3 Å². The van der Waals surface area contributed by atoms with Crippen molar-refractivity contribution < 1.29 is 14.3 Å². The third-order valence-corrected chi connectivity index (χ3v) is 4.45. The Morgan fingerprint density at radius 2 is 2.14 bits per heavy atom. The number of nitrogens with one attached hydrogen (secondary N) is 2. The summed E-state index contributed by atoms with van der Waals surface area (Å²) in [5.41, 5.74) is 1.62. The quantitative estimate of drug-likeness (QED) is 0.846. The molecule has 1 saturated carbocycles. The van der Waals surface area contributed by atoms with E-state index >= 15 is 0 Å². The zero-order valence-electron chi connectivity index (χ0n) is 12.5. The highest BCUT2D eigenvalue weighted by molar-refractivity contribution is 5.97. The number of rotatable bonds is 4. The molecule has 2 N–H and O–H groups in total. The van der Waals surface area contributed by atoms with Crippen molar-refractivity contribution in [2.45, 2.75) is 25.7 Å². The second-order valence-corrected chi connectivity index (χ2v) is 5.80. The molecule has 2 aromatic rings. The number of nitrogens with zero attached hydrogens (tertiary/aromatic N) is 1. The first-order valence-electron chi connectivity index (χ1n) is 7.44. The smallest absolute Gasteiger partial charge is 0.313 e. The predicted octanol–water partition coefficient (Wildman–Crippen LogP) is 2.03. The average Bonchev–Trinajstić information content (AvgIpc) is 3.20. The number of H-pyrrole nitrogens is 1. The van der Waals surface area contributed by atoms with Gasteiger partial charge in [0.2, 0.25) is 0 Å². The molecule has 3 rings (SSSR count). The first-order chi connectivity index (χ1) is 10.6. The fourth-order valence-electron chi connectivity index (χ4n) is 3.15. The second-order valence-electron chi connectivity index (χ2n) is 5.80. The first kappa shape index (κ1) is 14.6. The number of benzene rings is 1. The van der Waals surface area contributed by atoms with Crippen molar-refractivity contribution in [3.05, 3.63) is 30.1 Å². The minimum atomic E-state index is -0.567. The van der Waals surface area contributed by atoms with Crippen LogP contribution < -0.4 is 5.32 Å². The molecule has 0 unspecified atom stereocenters. The molecule has 1 aromatic carbocycles. The van der Waals surface area contributed by atoms with Crippen molar-refractivity contribution in [2.24, 2.45) is 5.41 Å². The topological polar surface area (TPSA) is 84.1 Å². The van der Waals surface area contributed by atoms with Crippen molar-refractivity contribution >= 4 is 22.9 Å². The van der Waals surface area contributed by atoms with E-state index < -0.39 is 5.41 Å². The molecule has 0 radical (unpaired) electrons.